The van der Waals surface area contributed by atoms with Crippen LogP contribution in [0, 0.1) is 0 Å². The van der Waals surface area contributed by atoms with Gasteiger partial charge in [0.1, 0.15) is 0 Å². The summed E-state index contributed by atoms with van der Waals surface area (Å²) in [6.07, 6.45) is 1.09. The van der Waals surface area contributed by atoms with Crippen LogP contribution in [-0.4, -0.2) is 48.8 Å². The van der Waals surface area contributed by atoms with Gasteiger partial charge < -0.3 is 15.4 Å². The number of carbonyl (C=O) groups excluding carboxylic acids is 1. The second-order valence-electron chi connectivity index (χ2n) is 4.06. The Labute approximate surface area is 94.5 Å². The molecule has 0 aromatic heterocycles. The van der Waals surface area contributed by atoms with E-state index in [4.69, 9.17) is 4.74 Å². The number of hydrogen-bond donors (Lipinski definition) is 2. The molecule has 3 atom stereocenters. The molecule has 3 unspecified atom stereocenters. The molecule has 0 saturated carbocycles. The maximum atomic E-state index is 11.9. The zero-order valence-corrected chi connectivity index (χ0v) is 9.81. The fraction of sp³-hybridized carbons (Fsp3) is 0.900. The first-order valence-corrected chi connectivity index (χ1v) is 6.66. The van der Waals surface area contributed by atoms with Gasteiger partial charge in [-0.15, -0.1) is 0 Å². The first-order chi connectivity index (χ1) is 7.27. The lowest BCUT2D eigenvalue weighted by Crippen LogP contribution is -2.52. The van der Waals surface area contributed by atoms with Crippen molar-refractivity contribution >= 4 is 17.7 Å². The van der Waals surface area contributed by atoms with Crippen LogP contribution in [0.5, 0.6) is 0 Å². The summed E-state index contributed by atoms with van der Waals surface area (Å²) >= 11 is 1.84. The van der Waals surface area contributed by atoms with Crippen LogP contribution < -0.4 is 10.6 Å². The Balaban J connectivity index is 1.80. The monoisotopic (exact) mass is 230 g/mol. The molecule has 0 aromatic rings. The standard InChI is InChI=1S/C10H18N2O2S/c1-7-8(2-4-14-7)12-10(13)9-6-15-5-3-11-9/h7-9,11H,2-6H2,1H3,(H,12,13). The van der Waals surface area contributed by atoms with Gasteiger partial charge in [0.15, 0.2) is 0 Å². The Kier molecular flexibility index (Phi) is 3.88. The van der Waals surface area contributed by atoms with Crippen molar-refractivity contribution < 1.29 is 9.53 Å². The molecular formula is C10H18N2O2S. The second-order valence-corrected chi connectivity index (χ2v) is 5.21. The van der Waals surface area contributed by atoms with Crippen molar-refractivity contribution in [2.75, 3.05) is 24.7 Å². The molecule has 2 heterocycles. The van der Waals surface area contributed by atoms with Gasteiger partial charge in [0.05, 0.1) is 18.2 Å². The highest BCUT2D eigenvalue weighted by Gasteiger charge is 2.29. The Morgan fingerprint density at radius 2 is 2.47 bits per heavy atom. The van der Waals surface area contributed by atoms with Gasteiger partial charge >= 0.3 is 0 Å². The Morgan fingerprint density at radius 1 is 1.60 bits per heavy atom. The summed E-state index contributed by atoms with van der Waals surface area (Å²) in [5.74, 6) is 2.12. The Hall–Kier alpha value is -0.260. The zero-order valence-electron chi connectivity index (χ0n) is 8.99. The molecule has 4 nitrogen and oxygen atoms in total. The van der Waals surface area contributed by atoms with E-state index in [0.717, 1.165) is 31.1 Å². The third kappa shape index (κ3) is 2.86. The first kappa shape index (κ1) is 11.2. The third-order valence-electron chi connectivity index (χ3n) is 2.94. The summed E-state index contributed by atoms with van der Waals surface area (Å²) in [5, 5.41) is 6.29. The quantitative estimate of drug-likeness (QED) is 0.700. The number of amides is 1. The second kappa shape index (κ2) is 5.18. The highest BCUT2D eigenvalue weighted by atomic mass is 32.2. The molecule has 15 heavy (non-hydrogen) atoms. The SMILES string of the molecule is CC1OCCC1NC(=O)C1CSCCN1. The maximum absolute atomic E-state index is 11.9. The molecule has 1 amide bonds. The average molecular weight is 230 g/mol. The van der Waals surface area contributed by atoms with Gasteiger partial charge in [0, 0.05) is 24.7 Å². The van der Waals surface area contributed by atoms with Crippen LogP contribution in [-0.2, 0) is 9.53 Å². The number of carbonyl (C=O) groups is 1. The van der Waals surface area contributed by atoms with Crippen molar-refractivity contribution in [1.82, 2.24) is 10.6 Å². The van der Waals surface area contributed by atoms with Crippen LogP contribution in [0.15, 0.2) is 0 Å². The van der Waals surface area contributed by atoms with Crippen LogP contribution in [0.25, 0.3) is 0 Å². The zero-order chi connectivity index (χ0) is 10.7. The molecular weight excluding hydrogens is 212 g/mol. The molecule has 0 aromatic carbocycles. The predicted octanol–water partition coefficient (Wildman–Crippen LogP) is -0.0150. The minimum atomic E-state index is -0.0171. The number of ether oxygens (including phenoxy) is 1. The number of rotatable bonds is 2. The molecule has 2 fully saturated rings. The lowest BCUT2D eigenvalue weighted by Gasteiger charge is -2.25. The molecule has 0 bridgehead atoms. The Bertz CT molecular complexity index is 231. The molecule has 2 aliphatic heterocycles. The minimum Gasteiger partial charge on any atom is -0.376 e. The van der Waals surface area contributed by atoms with E-state index in [1.807, 2.05) is 18.7 Å². The summed E-state index contributed by atoms with van der Waals surface area (Å²) in [7, 11) is 0. The van der Waals surface area contributed by atoms with Gasteiger partial charge in [0.25, 0.3) is 0 Å². The Morgan fingerprint density at radius 3 is 3.07 bits per heavy atom. The summed E-state index contributed by atoms with van der Waals surface area (Å²) < 4.78 is 5.41. The van der Waals surface area contributed by atoms with E-state index < -0.39 is 0 Å². The van der Waals surface area contributed by atoms with E-state index in [1.165, 1.54) is 0 Å². The molecule has 86 valence electrons. The van der Waals surface area contributed by atoms with Crippen LogP contribution in [0.1, 0.15) is 13.3 Å². The fourth-order valence-corrected chi connectivity index (χ4v) is 2.87. The molecule has 2 rings (SSSR count). The summed E-state index contributed by atoms with van der Waals surface area (Å²) in [6, 6.07) is 0.183. The molecule has 0 spiro atoms. The van der Waals surface area contributed by atoms with Crippen molar-refractivity contribution in [3.8, 4) is 0 Å². The molecule has 5 heteroatoms. The third-order valence-corrected chi connectivity index (χ3v) is 4.00. The lowest BCUT2D eigenvalue weighted by atomic mass is 10.1. The van der Waals surface area contributed by atoms with Gasteiger partial charge in [-0.2, -0.15) is 11.8 Å². The van der Waals surface area contributed by atoms with Crippen LogP contribution in [0.4, 0.5) is 0 Å². The summed E-state index contributed by atoms with van der Waals surface area (Å²) in [5.41, 5.74) is 0. The first-order valence-electron chi connectivity index (χ1n) is 5.50. The fourth-order valence-electron chi connectivity index (χ4n) is 1.94. The largest absolute Gasteiger partial charge is 0.376 e. The summed E-state index contributed by atoms with van der Waals surface area (Å²) in [4.78, 5) is 11.9. The van der Waals surface area contributed by atoms with Crippen LogP contribution in [0.3, 0.4) is 0 Å². The van der Waals surface area contributed by atoms with E-state index in [9.17, 15) is 4.79 Å². The van der Waals surface area contributed by atoms with Gasteiger partial charge in [0.2, 0.25) is 5.91 Å². The smallest absolute Gasteiger partial charge is 0.238 e. The molecule has 2 saturated heterocycles. The minimum absolute atomic E-state index is 0.0171. The van der Waals surface area contributed by atoms with E-state index in [-0.39, 0.29) is 24.1 Å². The van der Waals surface area contributed by atoms with E-state index in [1.54, 1.807) is 0 Å². The van der Waals surface area contributed by atoms with Crippen LogP contribution in [0.2, 0.25) is 0 Å². The van der Waals surface area contributed by atoms with E-state index in [2.05, 4.69) is 10.6 Å². The van der Waals surface area contributed by atoms with Crippen LogP contribution >= 0.6 is 11.8 Å². The predicted molar refractivity (Wildman–Crippen MR) is 61.1 cm³/mol. The topological polar surface area (TPSA) is 50.4 Å². The van der Waals surface area contributed by atoms with Crippen molar-refractivity contribution in [2.24, 2.45) is 0 Å². The normalized spacial score (nSPS) is 36.5. The highest BCUT2D eigenvalue weighted by Crippen LogP contribution is 2.14. The van der Waals surface area contributed by atoms with E-state index >= 15 is 0 Å². The van der Waals surface area contributed by atoms with Gasteiger partial charge in [-0.25, -0.2) is 0 Å². The highest BCUT2D eigenvalue weighted by molar-refractivity contribution is 7.99. The van der Waals surface area contributed by atoms with Crippen molar-refractivity contribution in [2.45, 2.75) is 31.5 Å². The average Bonchev–Trinajstić information content (AvgIpc) is 2.66. The number of thioether (sulfide) groups is 1. The molecule has 2 aliphatic rings. The maximum Gasteiger partial charge on any atom is 0.238 e. The lowest BCUT2D eigenvalue weighted by molar-refractivity contribution is -0.123. The van der Waals surface area contributed by atoms with Gasteiger partial charge in [-0.1, -0.05) is 0 Å². The van der Waals surface area contributed by atoms with Crippen molar-refractivity contribution in [3.63, 3.8) is 0 Å². The van der Waals surface area contributed by atoms with Crippen molar-refractivity contribution in [1.29, 1.82) is 0 Å². The van der Waals surface area contributed by atoms with E-state index in [0.29, 0.717) is 0 Å². The number of nitrogens with one attached hydrogen (secondary N) is 2. The molecule has 2 N–H and O–H groups in total. The summed E-state index contributed by atoms with van der Waals surface area (Å²) in [6.45, 7) is 3.71. The molecule has 0 aliphatic carbocycles. The van der Waals surface area contributed by atoms with Gasteiger partial charge in [-0.05, 0) is 13.3 Å². The molecule has 0 radical (unpaired) electrons. The van der Waals surface area contributed by atoms with Gasteiger partial charge in [-0.3, -0.25) is 4.79 Å². The number of hydrogen-bond acceptors (Lipinski definition) is 4. The van der Waals surface area contributed by atoms with Crippen molar-refractivity contribution in [3.05, 3.63) is 0 Å².